The fourth-order valence-corrected chi connectivity index (χ4v) is 1.71. The Morgan fingerprint density at radius 2 is 1.95 bits per heavy atom. The average Bonchev–Trinajstić information content (AvgIpc) is 2.51. The van der Waals surface area contributed by atoms with Crippen LogP contribution in [-0.2, 0) is 6.54 Å². The zero-order valence-corrected chi connectivity index (χ0v) is 11.0. The molecule has 0 aliphatic heterocycles. The number of benzene rings is 2. The number of hydrogen-bond acceptors (Lipinski definition) is 2. The van der Waals surface area contributed by atoms with Crippen LogP contribution >= 0.6 is 0 Å². The third-order valence-corrected chi connectivity index (χ3v) is 2.76. The molecular formula is C17H18N2O. The first-order chi connectivity index (χ1) is 10.9. The summed E-state index contributed by atoms with van der Waals surface area (Å²) in [6.45, 7) is 0.247. The normalized spacial score (nSPS) is 14.6. The predicted octanol–water partition coefficient (Wildman–Crippen LogP) is 3.27. The molecule has 0 bridgehead atoms. The average molecular weight is 272 g/mol. The van der Waals surface area contributed by atoms with Gasteiger partial charge in [0.05, 0.1) is 17.7 Å². The summed E-state index contributed by atoms with van der Waals surface area (Å²) >= 11 is 0. The first kappa shape index (κ1) is 10.3. The van der Waals surface area contributed by atoms with Gasteiger partial charge in [-0.05, 0) is 17.7 Å². The molecule has 0 amide bonds. The lowest BCUT2D eigenvalue weighted by molar-refractivity contribution is 0.410. The number of para-hydroxylation sites is 1. The van der Waals surface area contributed by atoms with Gasteiger partial charge >= 0.3 is 0 Å². The smallest absolute Gasteiger partial charge is 0.123 e. The standard InChI is InChI=1S/C17H18N2O/c1-20-16-10-6-5-9-15(16)13-19-17(18)12-11-14-7-3-2-4-8-14/h2-12H,13H2,1H3,(H2,18,19)/i1T3. The van der Waals surface area contributed by atoms with Crippen molar-refractivity contribution in [3.63, 3.8) is 0 Å². The number of ether oxygens (including phenoxy) is 1. The van der Waals surface area contributed by atoms with Crippen LogP contribution < -0.4 is 10.5 Å². The quantitative estimate of drug-likeness (QED) is 0.671. The summed E-state index contributed by atoms with van der Waals surface area (Å²) in [5.74, 6) is 0.647. The molecule has 3 nitrogen and oxygen atoms in total. The zero-order valence-electron chi connectivity index (χ0n) is 14.0. The minimum absolute atomic E-state index is 0.247. The Morgan fingerprint density at radius 1 is 1.20 bits per heavy atom. The zero-order chi connectivity index (χ0) is 16.7. The second kappa shape index (κ2) is 7.14. The van der Waals surface area contributed by atoms with Crippen LogP contribution in [-0.4, -0.2) is 12.9 Å². The number of nitrogens with two attached hydrogens (primary N) is 1. The van der Waals surface area contributed by atoms with Crippen molar-refractivity contribution in [3.8, 4) is 5.75 Å². The monoisotopic (exact) mass is 272 g/mol. The van der Waals surface area contributed by atoms with E-state index < -0.39 is 7.04 Å². The van der Waals surface area contributed by atoms with Crippen LogP contribution in [0.3, 0.4) is 0 Å². The van der Waals surface area contributed by atoms with Crippen molar-refractivity contribution < 1.29 is 8.85 Å². The molecule has 20 heavy (non-hydrogen) atoms. The Labute approximate surface area is 123 Å². The first-order valence-electron chi connectivity index (χ1n) is 7.74. The molecular weight excluding hydrogens is 248 g/mol. The van der Waals surface area contributed by atoms with Crippen molar-refractivity contribution in [2.45, 2.75) is 6.54 Å². The highest BCUT2D eigenvalue weighted by Crippen LogP contribution is 2.17. The van der Waals surface area contributed by atoms with Gasteiger partial charge in [0, 0.05) is 5.56 Å². The summed E-state index contributed by atoms with van der Waals surface area (Å²) in [5.41, 5.74) is 7.55. The fourth-order valence-electron chi connectivity index (χ4n) is 1.71. The molecule has 0 fully saturated rings. The van der Waals surface area contributed by atoms with E-state index in [0.29, 0.717) is 11.4 Å². The highest BCUT2D eigenvalue weighted by atomic mass is 16.5. The molecule has 0 saturated heterocycles. The van der Waals surface area contributed by atoms with Gasteiger partial charge in [-0.2, -0.15) is 0 Å². The van der Waals surface area contributed by atoms with Crippen molar-refractivity contribution in [3.05, 3.63) is 71.8 Å². The molecule has 0 aliphatic carbocycles. The van der Waals surface area contributed by atoms with Crippen molar-refractivity contribution in [1.29, 1.82) is 0 Å². The van der Waals surface area contributed by atoms with E-state index in [2.05, 4.69) is 4.99 Å². The van der Waals surface area contributed by atoms with Crippen LogP contribution in [0, 0.1) is 0 Å². The van der Waals surface area contributed by atoms with Gasteiger partial charge in [-0.15, -0.1) is 0 Å². The minimum atomic E-state index is -2.49. The van der Waals surface area contributed by atoms with Crippen molar-refractivity contribution in [2.75, 3.05) is 7.04 Å². The number of aliphatic imine (C=N–C) groups is 1. The van der Waals surface area contributed by atoms with Gasteiger partial charge in [-0.3, -0.25) is 4.99 Å². The van der Waals surface area contributed by atoms with E-state index in [1.54, 1.807) is 30.3 Å². The van der Waals surface area contributed by atoms with Crippen LogP contribution in [0.25, 0.3) is 6.08 Å². The lowest BCUT2D eigenvalue weighted by Crippen LogP contribution is -2.08. The van der Waals surface area contributed by atoms with E-state index in [-0.39, 0.29) is 12.3 Å². The molecule has 0 unspecified atom stereocenters. The summed E-state index contributed by atoms with van der Waals surface area (Å²) in [6.07, 6.45) is 3.58. The number of nitrogens with zero attached hydrogens (tertiary/aromatic N) is 1. The maximum Gasteiger partial charge on any atom is 0.123 e. The Bertz CT molecular complexity index is 694. The lowest BCUT2D eigenvalue weighted by atomic mass is 10.2. The van der Waals surface area contributed by atoms with Crippen molar-refractivity contribution in [1.82, 2.24) is 0 Å². The summed E-state index contributed by atoms with van der Waals surface area (Å²) in [6, 6.07) is 16.6. The molecule has 0 aromatic heterocycles. The molecule has 0 radical (unpaired) electrons. The molecule has 0 heterocycles. The summed E-state index contributed by atoms with van der Waals surface area (Å²) in [4.78, 5) is 4.24. The molecule has 102 valence electrons. The van der Waals surface area contributed by atoms with E-state index in [1.807, 2.05) is 36.4 Å². The number of amidine groups is 1. The highest BCUT2D eigenvalue weighted by Gasteiger charge is 1.99. The molecule has 2 aromatic rings. The molecule has 2 rings (SSSR count). The highest BCUT2D eigenvalue weighted by molar-refractivity contribution is 5.95. The summed E-state index contributed by atoms with van der Waals surface area (Å²) in [7, 11) is -2.49. The Hall–Kier alpha value is -2.55. The van der Waals surface area contributed by atoms with Crippen LogP contribution in [0.5, 0.6) is 5.75 Å². The maximum atomic E-state index is 7.18. The van der Waals surface area contributed by atoms with Gasteiger partial charge in [0.15, 0.2) is 0 Å². The van der Waals surface area contributed by atoms with E-state index in [1.165, 1.54) is 0 Å². The molecule has 3 heteroatoms. The van der Waals surface area contributed by atoms with Crippen LogP contribution in [0.15, 0.2) is 65.7 Å². The van der Waals surface area contributed by atoms with E-state index in [4.69, 9.17) is 14.6 Å². The van der Waals surface area contributed by atoms with Crippen molar-refractivity contribution >= 4 is 11.9 Å². The van der Waals surface area contributed by atoms with E-state index in [0.717, 1.165) is 5.56 Å². The van der Waals surface area contributed by atoms with E-state index >= 15 is 0 Å². The minimum Gasteiger partial charge on any atom is -0.496 e. The second-order valence-corrected chi connectivity index (χ2v) is 4.19. The lowest BCUT2D eigenvalue weighted by Gasteiger charge is -2.05. The molecule has 2 N–H and O–H groups in total. The third kappa shape index (κ3) is 3.99. The Kier molecular flexibility index (Phi) is 3.66. The molecule has 0 aliphatic rings. The van der Waals surface area contributed by atoms with Crippen LogP contribution in [0.2, 0.25) is 0 Å². The fraction of sp³-hybridized carbons (Fsp3) is 0.118. The van der Waals surface area contributed by atoms with Gasteiger partial charge in [-0.1, -0.05) is 54.6 Å². The van der Waals surface area contributed by atoms with Crippen LogP contribution in [0.4, 0.5) is 0 Å². The molecule has 0 atom stereocenters. The van der Waals surface area contributed by atoms with Crippen LogP contribution in [0.1, 0.15) is 15.2 Å². The topological polar surface area (TPSA) is 47.6 Å². The SMILES string of the molecule is [3H]C([3H])([3H])Oc1ccccc1CN=C(N)C=Cc1ccccc1. The number of hydrogen-bond donors (Lipinski definition) is 1. The third-order valence-electron chi connectivity index (χ3n) is 2.76. The first-order valence-corrected chi connectivity index (χ1v) is 6.24. The molecule has 0 spiro atoms. The van der Waals surface area contributed by atoms with E-state index in [9.17, 15) is 0 Å². The predicted molar refractivity (Wildman–Crippen MR) is 83.8 cm³/mol. The van der Waals surface area contributed by atoms with Gasteiger partial charge in [0.1, 0.15) is 11.6 Å². The van der Waals surface area contributed by atoms with Crippen molar-refractivity contribution in [2.24, 2.45) is 10.7 Å². The molecule has 0 saturated carbocycles. The summed E-state index contributed by atoms with van der Waals surface area (Å²) < 4.78 is 26.5. The van der Waals surface area contributed by atoms with Gasteiger partial charge in [0.2, 0.25) is 0 Å². The van der Waals surface area contributed by atoms with Gasteiger partial charge < -0.3 is 10.5 Å². The maximum absolute atomic E-state index is 7.18. The second-order valence-electron chi connectivity index (χ2n) is 4.19. The Balaban J connectivity index is 2.06. The largest absolute Gasteiger partial charge is 0.496 e. The summed E-state index contributed by atoms with van der Waals surface area (Å²) in [5, 5.41) is 0. The molecule has 2 aromatic carbocycles. The number of rotatable bonds is 5. The number of methoxy groups -OCH3 is 1. The van der Waals surface area contributed by atoms with Gasteiger partial charge in [0.25, 0.3) is 0 Å². The van der Waals surface area contributed by atoms with Gasteiger partial charge in [-0.25, -0.2) is 0 Å². The Morgan fingerprint density at radius 3 is 2.75 bits per heavy atom.